The Kier molecular flexibility index (Phi) is 5.83. The Labute approximate surface area is 115 Å². The first-order valence-electron chi connectivity index (χ1n) is 6.89. The van der Waals surface area contributed by atoms with E-state index in [0.717, 1.165) is 19.4 Å². The average Bonchev–Trinajstić information content (AvgIpc) is 2.70. The lowest BCUT2D eigenvalue weighted by Crippen LogP contribution is -2.37. The van der Waals surface area contributed by atoms with Crippen molar-refractivity contribution in [2.75, 3.05) is 13.2 Å². The molecule has 1 unspecified atom stereocenters. The Balaban J connectivity index is 2.65. The summed E-state index contributed by atoms with van der Waals surface area (Å²) in [4.78, 5) is 2.77. The van der Waals surface area contributed by atoms with Gasteiger partial charge in [-0.3, -0.25) is 0 Å². The summed E-state index contributed by atoms with van der Waals surface area (Å²) in [5.41, 5.74) is 1.43. The van der Waals surface area contributed by atoms with Crippen molar-refractivity contribution >= 4 is 11.3 Å². The van der Waals surface area contributed by atoms with Crippen LogP contribution in [0.4, 0.5) is 0 Å². The largest absolute Gasteiger partial charge is 0.396 e. The number of hydrogen-bond acceptors (Lipinski definition) is 3. The molecule has 1 rings (SSSR count). The number of nitrogens with one attached hydrogen (secondary N) is 1. The van der Waals surface area contributed by atoms with Crippen molar-refractivity contribution in [1.29, 1.82) is 0 Å². The molecule has 0 fully saturated rings. The van der Waals surface area contributed by atoms with Gasteiger partial charge in [-0.05, 0) is 45.2 Å². The molecular formula is C15H27NOS. The molecule has 0 aliphatic carbocycles. The van der Waals surface area contributed by atoms with Crippen LogP contribution in [0.15, 0.2) is 6.07 Å². The van der Waals surface area contributed by atoms with Crippen LogP contribution in [0.5, 0.6) is 0 Å². The van der Waals surface area contributed by atoms with E-state index < -0.39 is 0 Å². The molecular weight excluding hydrogens is 242 g/mol. The minimum atomic E-state index is 0.0350. The van der Waals surface area contributed by atoms with Gasteiger partial charge in [-0.15, -0.1) is 11.3 Å². The van der Waals surface area contributed by atoms with Crippen molar-refractivity contribution in [2.45, 2.75) is 53.5 Å². The number of aliphatic hydroxyl groups is 1. The van der Waals surface area contributed by atoms with Gasteiger partial charge in [0.25, 0.3) is 0 Å². The first kappa shape index (κ1) is 15.7. The second-order valence-corrected chi connectivity index (χ2v) is 6.80. The SMILES string of the molecule is CCC(CC)(CO)CNC(C)c1cc(C)sc1C. The summed E-state index contributed by atoms with van der Waals surface area (Å²) in [5, 5.41) is 13.2. The van der Waals surface area contributed by atoms with Gasteiger partial charge in [0.15, 0.2) is 0 Å². The third-order valence-corrected chi connectivity index (χ3v) is 5.15. The van der Waals surface area contributed by atoms with Gasteiger partial charge in [0.1, 0.15) is 0 Å². The quantitative estimate of drug-likeness (QED) is 0.789. The van der Waals surface area contributed by atoms with Gasteiger partial charge < -0.3 is 10.4 Å². The van der Waals surface area contributed by atoms with E-state index in [1.807, 2.05) is 11.3 Å². The van der Waals surface area contributed by atoms with Gasteiger partial charge in [0, 0.05) is 34.4 Å². The third kappa shape index (κ3) is 3.56. The van der Waals surface area contributed by atoms with E-state index in [1.54, 1.807) is 0 Å². The highest BCUT2D eigenvalue weighted by Crippen LogP contribution is 2.29. The Morgan fingerprint density at radius 1 is 1.33 bits per heavy atom. The summed E-state index contributed by atoms with van der Waals surface area (Å²) < 4.78 is 0. The van der Waals surface area contributed by atoms with Crippen LogP contribution in [0.1, 0.15) is 55.0 Å². The van der Waals surface area contributed by atoms with Crippen LogP contribution < -0.4 is 5.32 Å². The van der Waals surface area contributed by atoms with E-state index in [-0.39, 0.29) is 12.0 Å². The lowest BCUT2D eigenvalue weighted by Gasteiger charge is -2.31. The maximum Gasteiger partial charge on any atom is 0.0499 e. The van der Waals surface area contributed by atoms with Crippen LogP contribution in [0.3, 0.4) is 0 Å². The zero-order valence-electron chi connectivity index (χ0n) is 12.3. The molecule has 104 valence electrons. The van der Waals surface area contributed by atoms with Crippen LogP contribution in [0, 0.1) is 19.3 Å². The highest BCUT2D eigenvalue weighted by atomic mass is 32.1. The molecule has 0 saturated heterocycles. The van der Waals surface area contributed by atoms with Crippen molar-refractivity contribution in [1.82, 2.24) is 5.32 Å². The summed E-state index contributed by atoms with van der Waals surface area (Å²) in [6.45, 7) is 12.0. The van der Waals surface area contributed by atoms with Crippen LogP contribution in [-0.4, -0.2) is 18.3 Å². The Hall–Kier alpha value is -0.380. The molecule has 0 aliphatic heterocycles. The summed E-state index contributed by atoms with van der Waals surface area (Å²) in [6.07, 6.45) is 2.03. The van der Waals surface area contributed by atoms with Gasteiger partial charge in [-0.1, -0.05) is 13.8 Å². The van der Waals surface area contributed by atoms with Crippen molar-refractivity contribution in [2.24, 2.45) is 5.41 Å². The monoisotopic (exact) mass is 269 g/mol. The zero-order chi connectivity index (χ0) is 13.8. The Morgan fingerprint density at radius 3 is 2.33 bits per heavy atom. The van der Waals surface area contributed by atoms with E-state index in [1.165, 1.54) is 15.3 Å². The van der Waals surface area contributed by atoms with Gasteiger partial charge in [0.05, 0.1) is 0 Å². The van der Waals surface area contributed by atoms with Gasteiger partial charge in [-0.25, -0.2) is 0 Å². The van der Waals surface area contributed by atoms with E-state index in [4.69, 9.17) is 0 Å². The summed E-state index contributed by atoms with van der Waals surface area (Å²) in [5.74, 6) is 0. The summed E-state index contributed by atoms with van der Waals surface area (Å²) in [7, 11) is 0. The standard InChI is InChI=1S/C15H27NOS/c1-6-15(7-2,10-17)9-16-12(4)14-8-11(3)18-13(14)5/h8,12,16-17H,6-7,9-10H2,1-5H3. The number of aliphatic hydroxyl groups excluding tert-OH is 1. The predicted molar refractivity (Wildman–Crippen MR) is 80.3 cm³/mol. The molecule has 0 saturated carbocycles. The zero-order valence-corrected chi connectivity index (χ0v) is 13.2. The van der Waals surface area contributed by atoms with Crippen molar-refractivity contribution in [3.05, 3.63) is 21.4 Å². The van der Waals surface area contributed by atoms with E-state index >= 15 is 0 Å². The molecule has 1 aromatic heterocycles. The molecule has 1 atom stereocenters. The number of thiophene rings is 1. The van der Waals surface area contributed by atoms with E-state index in [2.05, 4.69) is 46.0 Å². The van der Waals surface area contributed by atoms with E-state index in [9.17, 15) is 5.11 Å². The third-order valence-electron chi connectivity index (χ3n) is 4.16. The summed E-state index contributed by atoms with van der Waals surface area (Å²) >= 11 is 1.86. The fourth-order valence-electron chi connectivity index (χ4n) is 2.34. The van der Waals surface area contributed by atoms with Crippen LogP contribution >= 0.6 is 11.3 Å². The molecule has 3 heteroatoms. The number of hydrogen-bond donors (Lipinski definition) is 2. The smallest absolute Gasteiger partial charge is 0.0499 e. The Morgan fingerprint density at radius 2 is 1.94 bits per heavy atom. The number of rotatable bonds is 7. The molecule has 0 bridgehead atoms. The molecule has 0 spiro atoms. The second kappa shape index (κ2) is 6.69. The molecule has 18 heavy (non-hydrogen) atoms. The van der Waals surface area contributed by atoms with Crippen LogP contribution in [0.2, 0.25) is 0 Å². The predicted octanol–water partition coefficient (Wildman–Crippen LogP) is 3.81. The molecule has 2 nitrogen and oxygen atoms in total. The first-order chi connectivity index (χ1) is 8.48. The van der Waals surface area contributed by atoms with Crippen molar-refractivity contribution < 1.29 is 5.11 Å². The minimum absolute atomic E-state index is 0.0350. The summed E-state index contributed by atoms with van der Waals surface area (Å²) in [6, 6.07) is 2.63. The van der Waals surface area contributed by atoms with Crippen LogP contribution in [-0.2, 0) is 0 Å². The molecule has 0 aliphatic rings. The highest BCUT2D eigenvalue weighted by molar-refractivity contribution is 7.12. The highest BCUT2D eigenvalue weighted by Gasteiger charge is 2.26. The van der Waals surface area contributed by atoms with Crippen molar-refractivity contribution in [3.8, 4) is 0 Å². The maximum absolute atomic E-state index is 9.58. The molecule has 1 aromatic rings. The molecule has 1 heterocycles. The van der Waals surface area contributed by atoms with Crippen molar-refractivity contribution in [3.63, 3.8) is 0 Å². The maximum atomic E-state index is 9.58. The Bertz CT molecular complexity index is 360. The minimum Gasteiger partial charge on any atom is -0.396 e. The fourth-order valence-corrected chi connectivity index (χ4v) is 3.36. The van der Waals surface area contributed by atoms with Gasteiger partial charge in [-0.2, -0.15) is 0 Å². The molecule has 0 amide bonds. The molecule has 0 radical (unpaired) electrons. The lowest BCUT2D eigenvalue weighted by atomic mass is 9.83. The fraction of sp³-hybridized carbons (Fsp3) is 0.733. The lowest BCUT2D eigenvalue weighted by molar-refractivity contribution is 0.110. The molecule has 0 aromatic carbocycles. The van der Waals surface area contributed by atoms with Gasteiger partial charge >= 0.3 is 0 Å². The first-order valence-corrected chi connectivity index (χ1v) is 7.71. The second-order valence-electron chi connectivity index (χ2n) is 5.34. The molecule has 2 N–H and O–H groups in total. The topological polar surface area (TPSA) is 32.3 Å². The number of aryl methyl sites for hydroxylation is 2. The normalized spacial score (nSPS) is 13.9. The van der Waals surface area contributed by atoms with Gasteiger partial charge in [0.2, 0.25) is 0 Å². The average molecular weight is 269 g/mol. The van der Waals surface area contributed by atoms with Crippen LogP contribution in [0.25, 0.3) is 0 Å². The van der Waals surface area contributed by atoms with E-state index in [0.29, 0.717) is 6.04 Å².